The molecule has 0 spiro atoms. The van der Waals surface area contributed by atoms with E-state index in [0.29, 0.717) is 5.82 Å². The lowest BCUT2D eigenvalue weighted by molar-refractivity contribution is 0.668. The fraction of sp³-hybridized carbons (Fsp3) is 0. The maximum atomic E-state index is 6.21. The zero-order valence-corrected chi connectivity index (χ0v) is 26.9. The Balaban J connectivity index is 1.07. The van der Waals surface area contributed by atoms with Crippen LogP contribution in [0, 0.1) is 0 Å². The summed E-state index contributed by atoms with van der Waals surface area (Å²) in [5.74, 6) is 0.682. The van der Waals surface area contributed by atoms with Gasteiger partial charge in [-0.1, -0.05) is 115 Å². The van der Waals surface area contributed by atoms with Crippen LogP contribution >= 0.6 is 0 Å². The molecular weight excluding hydrogens is 613 g/mol. The average molecular weight is 641 g/mol. The molecule has 7 aromatic carbocycles. The van der Waals surface area contributed by atoms with Crippen molar-refractivity contribution in [2.24, 2.45) is 0 Å². The molecule has 4 nitrogen and oxygen atoms in total. The molecule has 10 rings (SSSR count). The number of rotatable bonds is 5. The van der Waals surface area contributed by atoms with Crippen LogP contribution in [0.2, 0.25) is 0 Å². The molecule has 0 saturated carbocycles. The first-order valence-corrected chi connectivity index (χ1v) is 16.7. The molecule has 50 heavy (non-hydrogen) atoms. The van der Waals surface area contributed by atoms with Gasteiger partial charge in [0.1, 0.15) is 22.3 Å². The minimum absolute atomic E-state index is 0.682. The van der Waals surface area contributed by atoms with Gasteiger partial charge in [-0.15, -0.1) is 0 Å². The van der Waals surface area contributed by atoms with Gasteiger partial charge in [-0.3, -0.25) is 0 Å². The molecule has 0 unspecified atom stereocenters. The molecular formula is C46H28N2O2. The number of fused-ring (bicyclic) bond motifs is 6. The van der Waals surface area contributed by atoms with Gasteiger partial charge in [0.25, 0.3) is 0 Å². The Morgan fingerprint density at radius 2 is 0.700 bits per heavy atom. The molecule has 0 atom stereocenters. The van der Waals surface area contributed by atoms with Crippen molar-refractivity contribution in [3.63, 3.8) is 0 Å². The molecule has 0 N–H and O–H groups in total. The summed E-state index contributed by atoms with van der Waals surface area (Å²) in [5.41, 5.74) is 12.6. The van der Waals surface area contributed by atoms with Gasteiger partial charge in [-0.05, 0) is 76.9 Å². The SMILES string of the molecule is c1ccc(-c2nc(-c3cccc(-c4ccc5c(c4)oc4ccccc45)c3)cc(-c3cccc(-c4ccc5c(c4)oc4ccccc45)c3)n2)cc1. The number of hydrogen-bond donors (Lipinski definition) is 0. The van der Waals surface area contributed by atoms with Crippen molar-refractivity contribution in [2.45, 2.75) is 0 Å². The number of para-hydroxylation sites is 2. The lowest BCUT2D eigenvalue weighted by Gasteiger charge is -2.11. The van der Waals surface area contributed by atoms with Crippen molar-refractivity contribution in [2.75, 3.05) is 0 Å². The van der Waals surface area contributed by atoms with E-state index >= 15 is 0 Å². The van der Waals surface area contributed by atoms with E-state index in [-0.39, 0.29) is 0 Å². The van der Waals surface area contributed by atoms with Gasteiger partial charge < -0.3 is 8.83 Å². The lowest BCUT2D eigenvalue weighted by Crippen LogP contribution is -1.96. The van der Waals surface area contributed by atoms with Crippen LogP contribution in [0.3, 0.4) is 0 Å². The number of hydrogen-bond acceptors (Lipinski definition) is 4. The number of aromatic nitrogens is 2. The zero-order valence-electron chi connectivity index (χ0n) is 26.9. The van der Waals surface area contributed by atoms with E-state index in [2.05, 4.69) is 115 Å². The summed E-state index contributed by atoms with van der Waals surface area (Å²) in [6, 6.07) is 58.6. The highest BCUT2D eigenvalue weighted by Crippen LogP contribution is 2.36. The summed E-state index contributed by atoms with van der Waals surface area (Å²) in [6.07, 6.45) is 0. The maximum Gasteiger partial charge on any atom is 0.160 e. The summed E-state index contributed by atoms with van der Waals surface area (Å²) >= 11 is 0. The van der Waals surface area contributed by atoms with E-state index in [1.807, 2.05) is 54.6 Å². The molecule has 4 heteroatoms. The molecule has 0 aliphatic rings. The molecule has 234 valence electrons. The fourth-order valence-corrected chi connectivity index (χ4v) is 6.99. The van der Waals surface area contributed by atoms with Gasteiger partial charge in [0, 0.05) is 38.2 Å². The Hall–Kier alpha value is -6.78. The van der Waals surface area contributed by atoms with Gasteiger partial charge in [-0.2, -0.15) is 0 Å². The molecule has 0 saturated heterocycles. The summed E-state index contributed by atoms with van der Waals surface area (Å²) in [5, 5.41) is 4.49. The third-order valence-electron chi connectivity index (χ3n) is 9.50. The Labute approximate surface area is 287 Å². The highest BCUT2D eigenvalue weighted by Gasteiger charge is 2.14. The predicted octanol–water partition coefficient (Wildman–Crippen LogP) is 12.6. The van der Waals surface area contributed by atoms with E-state index in [0.717, 1.165) is 94.2 Å². The van der Waals surface area contributed by atoms with Crippen LogP contribution in [0.15, 0.2) is 179 Å². The van der Waals surface area contributed by atoms with Crippen molar-refractivity contribution in [1.82, 2.24) is 9.97 Å². The highest BCUT2D eigenvalue weighted by molar-refractivity contribution is 6.07. The Kier molecular flexibility index (Phi) is 6.46. The van der Waals surface area contributed by atoms with Gasteiger partial charge in [0.2, 0.25) is 0 Å². The van der Waals surface area contributed by atoms with Crippen LogP contribution in [0.5, 0.6) is 0 Å². The minimum atomic E-state index is 0.682. The second-order valence-electron chi connectivity index (χ2n) is 12.6. The molecule has 3 heterocycles. The first-order valence-electron chi connectivity index (χ1n) is 16.7. The van der Waals surface area contributed by atoms with Crippen LogP contribution in [0.1, 0.15) is 0 Å². The number of nitrogens with zero attached hydrogens (tertiary/aromatic N) is 2. The summed E-state index contributed by atoms with van der Waals surface area (Å²) in [4.78, 5) is 10.2. The standard InChI is InChI=1S/C46H28N2O2/c1-2-10-29(11-3-1)46-47-40(34-14-8-12-30(24-34)32-20-22-38-36-16-4-6-18-42(36)49-44(38)26-32)28-41(48-46)35-15-9-13-31(25-35)33-21-23-39-37-17-5-7-19-43(37)50-45(39)27-33/h1-28H. The molecule has 0 fully saturated rings. The number of benzene rings is 7. The Morgan fingerprint density at radius 1 is 0.280 bits per heavy atom. The quantitative estimate of drug-likeness (QED) is 0.188. The molecule has 0 amide bonds. The molecule has 0 radical (unpaired) electrons. The van der Waals surface area contributed by atoms with Crippen molar-refractivity contribution >= 4 is 43.9 Å². The summed E-state index contributed by atoms with van der Waals surface area (Å²) in [6.45, 7) is 0. The lowest BCUT2D eigenvalue weighted by atomic mass is 9.98. The second kappa shape index (κ2) is 11.4. The Bertz CT molecular complexity index is 2710. The fourth-order valence-electron chi connectivity index (χ4n) is 6.99. The molecule has 0 aliphatic carbocycles. The third kappa shape index (κ3) is 4.85. The minimum Gasteiger partial charge on any atom is -0.456 e. The first kappa shape index (κ1) is 28.3. The van der Waals surface area contributed by atoms with Crippen LogP contribution in [-0.2, 0) is 0 Å². The monoisotopic (exact) mass is 640 g/mol. The van der Waals surface area contributed by atoms with Crippen LogP contribution in [-0.4, -0.2) is 9.97 Å². The third-order valence-corrected chi connectivity index (χ3v) is 9.50. The average Bonchev–Trinajstić information content (AvgIpc) is 3.76. The predicted molar refractivity (Wildman–Crippen MR) is 204 cm³/mol. The van der Waals surface area contributed by atoms with Crippen molar-refractivity contribution in [1.29, 1.82) is 0 Å². The summed E-state index contributed by atoms with van der Waals surface area (Å²) < 4.78 is 12.4. The molecule has 10 aromatic rings. The first-order chi connectivity index (χ1) is 24.7. The molecule has 0 aliphatic heterocycles. The van der Waals surface area contributed by atoms with E-state index in [4.69, 9.17) is 18.8 Å². The van der Waals surface area contributed by atoms with Crippen molar-refractivity contribution in [3.05, 3.63) is 170 Å². The van der Waals surface area contributed by atoms with Crippen molar-refractivity contribution < 1.29 is 8.83 Å². The highest BCUT2D eigenvalue weighted by atomic mass is 16.3. The van der Waals surface area contributed by atoms with Gasteiger partial charge in [0.05, 0.1) is 11.4 Å². The Morgan fingerprint density at radius 3 is 1.24 bits per heavy atom. The van der Waals surface area contributed by atoms with Gasteiger partial charge in [-0.25, -0.2) is 9.97 Å². The van der Waals surface area contributed by atoms with E-state index < -0.39 is 0 Å². The van der Waals surface area contributed by atoms with E-state index in [1.54, 1.807) is 0 Å². The molecule has 3 aromatic heterocycles. The van der Waals surface area contributed by atoms with Crippen LogP contribution < -0.4 is 0 Å². The van der Waals surface area contributed by atoms with Crippen molar-refractivity contribution in [3.8, 4) is 56.2 Å². The van der Waals surface area contributed by atoms with Gasteiger partial charge in [0.15, 0.2) is 5.82 Å². The second-order valence-corrected chi connectivity index (χ2v) is 12.6. The van der Waals surface area contributed by atoms with E-state index in [9.17, 15) is 0 Å². The van der Waals surface area contributed by atoms with E-state index in [1.165, 1.54) is 0 Å². The summed E-state index contributed by atoms with van der Waals surface area (Å²) in [7, 11) is 0. The largest absolute Gasteiger partial charge is 0.456 e. The van der Waals surface area contributed by atoms with Crippen LogP contribution in [0.25, 0.3) is 100 Å². The smallest absolute Gasteiger partial charge is 0.160 e. The number of furan rings is 2. The normalized spacial score (nSPS) is 11.6. The van der Waals surface area contributed by atoms with Gasteiger partial charge >= 0.3 is 0 Å². The van der Waals surface area contributed by atoms with Crippen LogP contribution in [0.4, 0.5) is 0 Å². The zero-order chi connectivity index (χ0) is 33.0. The molecule has 0 bridgehead atoms. The maximum absolute atomic E-state index is 6.21. The topological polar surface area (TPSA) is 52.1 Å².